The van der Waals surface area contributed by atoms with Crippen LogP contribution in [0.25, 0.3) is 0 Å². The van der Waals surface area contributed by atoms with Crippen LogP contribution in [0, 0.1) is 0 Å². The van der Waals surface area contributed by atoms with Gasteiger partial charge in [0.1, 0.15) is 0 Å². The summed E-state index contributed by atoms with van der Waals surface area (Å²) < 4.78 is 11.7. The molecule has 0 unspecified atom stereocenters. The molecule has 0 atom stereocenters. The third-order valence-corrected chi connectivity index (χ3v) is 4.49. The van der Waals surface area contributed by atoms with E-state index in [2.05, 4.69) is 4.98 Å². The molecular weight excluding hydrogens is 393 g/mol. The summed E-state index contributed by atoms with van der Waals surface area (Å²) in [5, 5.41) is 0.992. The lowest BCUT2D eigenvalue weighted by Gasteiger charge is -2.23. The van der Waals surface area contributed by atoms with Crippen molar-refractivity contribution in [3.05, 3.63) is 49.9 Å². The summed E-state index contributed by atoms with van der Waals surface area (Å²) in [4.78, 5) is 31.0. The lowest BCUT2D eigenvalue weighted by molar-refractivity contribution is 0.0513. The number of nitrogens with zero attached hydrogens (tertiary/aromatic N) is 3. The molecule has 0 amide bonds. The Bertz CT molecular complexity index is 879. The van der Waals surface area contributed by atoms with E-state index in [0.717, 1.165) is 0 Å². The van der Waals surface area contributed by atoms with E-state index in [-0.39, 0.29) is 37.2 Å². The zero-order valence-electron chi connectivity index (χ0n) is 15.6. The lowest BCUT2D eigenvalue weighted by Crippen LogP contribution is -2.32. The maximum Gasteiger partial charge on any atom is 0.361 e. The topological polar surface area (TPSA) is 73.7 Å². The van der Waals surface area contributed by atoms with Crippen molar-refractivity contribution in [2.45, 2.75) is 20.4 Å². The number of carbonyl (C=O) groups is 1. The van der Waals surface area contributed by atoms with Gasteiger partial charge in [0, 0.05) is 36.2 Å². The molecule has 27 heavy (non-hydrogen) atoms. The molecule has 7 nitrogen and oxygen atoms in total. The summed E-state index contributed by atoms with van der Waals surface area (Å²) in [6.07, 6.45) is 0. The SMILES string of the molecule is CCOC(=O)c1nc(N(C)Cc2c(Cl)cccc2Cl)n(C)c(=O)c1OCC. The molecule has 1 aromatic heterocycles. The second-order valence-corrected chi connectivity index (χ2v) is 6.48. The van der Waals surface area contributed by atoms with Crippen LogP contribution in [-0.2, 0) is 18.3 Å². The molecule has 0 saturated heterocycles. The molecule has 0 aliphatic carbocycles. The van der Waals surface area contributed by atoms with Crippen LogP contribution >= 0.6 is 23.2 Å². The van der Waals surface area contributed by atoms with Crippen LogP contribution in [0.4, 0.5) is 5.95 Å². The van der Waals surface area contributed by atoms with Crippen LogP contribution in [0.5, 0.6) is 5.75 Å². The Balaban J connectivity index is 2.52. The first-order valence-electron chi connectivity index (χ1n) is 8.36. The number of hydrogen-bond acceptors (Lipinski definition) is 6. The number of benzene rings is 1. The molecule has 0 aliphatic heterocycles. The van der Waals surface area contributed by atoms with E-state index in [4.69, 9.17) is 32.7 Å². The smallest absolute Gasteiger partial charge is 0.361 e. The monoisotopic (exact) mass is 413 g/mol. The molecule has 2 aromatic rings. The second-order valence-electron chi connectivity index (χ2n) is 5.66. The first kappa shape index (κ1) is 21.1. The standard InChI is InChI=1S/C18H21Cl2N3O4/c1-5-26-15-14(17(25)27-6-2)21-18(23(4)16(15)24)22(3)10-11-12(19)8-7-9-13(11)20/h7-9H,5-6,10H2,1-4H3. The van der Waals surface area contributed by atoms with Crippen LogP contribution in [0.3, 0.4) is 0 Å². The van der Waals surface area contributed by atoms with Gasteiger partial charge in [0.05, 0.1) is 13.2 Å². The maximum atomic E-state index is 12.7. The minimum absolute atomic E-state index is 0.133. The van der Waals surface area contributed by atoms with Gasteiger partial charge in [-0.05, 0) is 26.0 Å². The number of hydrogen-bond donors (Lipinski definition) is 0. The maximum absolute atomic E-state index is 12.7. The van der Waals surface area contributed by atoms with E-state index in [1.165, 1.54) is 4.57 Å². The van der Waals surface area contributed by atoms with Crippen molar-refractivity contribution < 1.29 is 14.3 Å². The summed E-state index contributed by atoms with van der Waals surface area (Å²) in [6.45, 7) is 4.05. The van der Waals surface area contributed by atoms with Gasteiger partial charge in [0.15, 0.2) is 5.69 Å². The Labute approximate surface area is 167 Å². The number of aromatic nitrogens is 2. The third-order valence-electron chi connectivity index (χ3n) is 3.78. The number of rotatable bonds is 7. The lowest BCUT2D eigenvalue weighted by atomic mass is 10.2. The highest BCUT2D eigenvalue weighted by Crippen LogP contribution is 2.27. The van der Waals surface area contributed by atoms with Crippen molar-refractivity contribution in [1.29, 1.82) is 0 Å². The van der Waals surface area contributed by atoms with Crippen molar-refractivity contribution >= 4 is 35.1 Å². The van der Waals surface area contributed by atoms with Crippen LogP contribution in [0.2, 0.25) is 10.0 Å². The molecular formula is C18H21Cl2N3O4. The highest BCUT2D eigenvalue weighted by atomic mass is 35.5. The molecule has 0 N–H and O–H groups in total. The largest absolute Gasteiger partial charge is 0.486 e. The van der Waals surface area contributed by atoms with Gasteiger partial charge in [-0.15, -0.1) is 0 Å². The molecule has 9 heteroatoms. The van der Waals surface area contributed by atoms with E-state index >= 15 is 0 Å². The van der Waals surface area contributed by atoms with Crippen LogP contribution in [0.1, 0.15) is 29.9 Å². The fourth-order valence-electron chi connectivity index (χ4n) is 2.52. The highest BCUT2D eigenvalue weighted by Gasteiger charge is 2.24. The van der Waals surface area contributed by atoms with E-state index in [1.54, 1.807) is 51.0 Å². The van der Waals surface area contributed by atoms with Gasteiger partial charge in [-0.3, -0.25) is 9.36 Å². The molecule has 0 spiro atoms. The summed E-state index contributed by atoms with van der Waals surface area (Å²) in [6, 6.07) is 5.20. The van der Waals surface area contributed by atoms with Gasteiger partial charge < -0.3 is 14.4 Å². The molecule has 0 radical (unpaired) electrons. The zero-order chi connectivity index (χ0) is 20.1. The summed E-state index contributed by atoms with van der Waals surface area (Å²) >= 11 is 12.5. The molecule has 2 rings (SSSR count). The molecule has 0 bridgehead atoms. The Morgan fingerprint density at radius 1 is 1.22 bits per heavy atom. The van der Waals surface area contributed by atoms with Gasteiger partial charge in [0.25, 0.3) is 5.56 Å². The first-order valence-corrected chi connectivity index (χ1v) is 9.12. The van der Waals surface area contributed by atoms with E-state index in [9.17, 15) is 9.59 Å². The van der Waals surface area contributed by atoms with Gasteiger partial charge in [-0.2, -0.15) is 0 Å². The zero-order valence-corrected chi connectivity index (χ0v) is 17.1. The second kappa shape index (κ2) is 9.10. The number of carbonyl (C=O) groups excluding carboxylic acids is 1. The number of anilines is 1. The van der Waals surface area contributed by atoms with Crippen molar-refractivity contribution in [2.24, 2.45) is 7.05 Å². The minimum atomic E-state index is -0.718. The van der Waals surface area contributed by atoms with Crippen LogP contribution in [-0.4, -0.2) is 35.8 Å². The predicted molar refractivity (Wildman–Crippen MR) is 105 cm³/mol. The van der Waals surface area contributed by atoms with Gasteiger partial charge >= 0.3 is 5.97 Å². The van der Waals surface area contributed by atoms with Crippen molar-refractivity contribution in [3.8, 4) is 5.75 Å². The van der Waals surface area contributed by atoms with Crippen molar-refractivity contribution in [2.75, 3.05) is 25.2 Å². The third kappa shape index (κ3) is 4.54. The summed E-state index contributed by atoms with van der Waals surface area (Å²) in [7, 11) is 3.27. The number of halogens is 2. The molecule has 1 heterocycles. The predicted octanol–water partition coefficient (Wildman–Crippen LogP) is 3.30. The Morgan fingerprint density at radius 3 is 2.41 bits per heavy atom. The van der Waals surface area contributed by atoms with E-state index in [0.29, 0.717) is 15.6 Å². The van der Waals surface area contributed by atoms with Gasteiger partial charge in [-0.25, -0.2) is 9.78 Å². The average Bonchev–Trinajstić information content (AvgIpc) is 2.62. The Morgan fingerprint density at radius 2 is 1.85 bits per heavy atom. The van der Waals surface area contributed by atoms with Crippen molar-refractivity contribution in [3.63, 3.8) is 0 Å². The number of ether oxygens (including phenoxy) is 2. The summed E-state index contributed by atoms with van der Waals surface area (Å²) in [5.74, 6) is -0.599. The van der Waals surface area contributed by atoms with Crippen LogP contribution < -0.4 is 15.2 Å². The fourth-order valence-corrected chi connectivity index (χ4v) is 3.03. The quantitative estimate of drug-likeness (QED) is 0.648. The first-order chi connectivity index (χ1) is 12.8. The molecule has 0 saturated carbocycles. The number of esters is 1. The van der Waals surface area contributed by atoms with Crippen LogP contribution in [0.15, 0.2) is 23.0 Å². The van der Waals surface area contributed by atoms with Gasteiger partial charge in [0.2, 0.25) is 11.7 Å². The average molecular weight is 414 g/mol. The minimum Gasteiger partial charge on any atom is -0.486 e. The van der Waals surface area contributed by atoms with Gasteiger partial charge in [-0.1, -0.05) is 29.3 Å². The Hall–Kier alpha value is -2.25. The molecule has 0 aliphatic rings. The summed E-state index contributed by atoms with van der Waals surface area (Å²) in [5.41, 5.74) is 0.0417. The van der Waals surface area contributed by atoms with E-state index in [1.807, 2.05) is 0 Å². The molecule has 146 valence electrons. The van der Waals surface area contributed by atoms with Crippen molar-refractivity contribution in [1.82, 2.24) is 9.55 Å². The highest BCUT2D eigenvalue weighted by molar-refractivity contribution is 6.36. The fraction of sp³-hybridized carbons (Fsp3) is 0.389. The van der Waals surface area contributed by atoms with E-state index < -0.39 is 11.5 Å². The molecule has 1 aromatic carbocycles. The Kier molecular flexibility index (Phi) is 7.10. The molecule has 0 fully saturated rings. The normalized spacial score (nSPS) is 10.6.